The summed E-state index contributed by atoms with van der Waals surface area (Å²) in [5.41, 5.74) is 3.11. The highest BCUT2D eigenvalue weighted by molar-refractivity contribution is 5.75. The van der Waals surface area contributed by atoms with E-state index in [2.05, 4.69) is 32.0 Å². The van der Waals surface area contributed by atoms with Gasteiger partial charge in [0.25, 0.3) is 0 Å². The van der Waals surface area contributed by atoms with E-state index in [4.69, 9.17) is 0 Å². The molecule has 0 heterocycles. The van der Waals surface area contributed by atoms with E-state index in [0.717, 1.165) is 25.7 Å². The van der Waals surface area contributed by atoms with Crippen molar-refractivity contribution in [2.24, 2.45) is 5.41 Å². The predicted octanol–water partition coefficient (Wildman–Crippen LogP) is 3.49. The summed E-state index contributed by atoms with van der Waals surface area (Å²) in [6, 6.07) is 6.37. The van der Waals surface area contributed by atoms with Crippen LogP contribution in [-0.4, -0.2) is 11.1 Å². The molecule has 0 spiro atoms. The van der Waals surface area contributed by atoms with Gasteiger partial charge in [-0.3, -0.25) is 4.79 Å². The number of hydrogen-bond donors (Lipinski definition) is 1. The molecule has 0 amide bonds. The van der Waals surface area contributed by atoms with Crippen LogP contribution >= 0.6 is 0 Å². The molecule has 1 aromatic carbocycles. The smallest absolute Gasteiger partial charge is 0.309 e. The molecule has 0 aliphatic heterocycles. The van der Waals surface area contributed by atoms with Crippen molar-refractivity contribution in [1.82, 2.24) is 0 Å². The predicted molar refractivity (Wildman–Crippen MR) is 68.2 cm³/mol. The lowest BCUT2D eigenvalue weighted by atomic mass is 9.79. The van der Waals surface area contributed by atoms with Crippen LogP contribution in [0.3, 0.4) is 0 Å². The number of aryl methyl sites for hydroxylation is 2. The van der Waals surface area contributed by atoms with Gasteiger partial charge in [0.1, 0.15) is 0 Å². The molecule has 92 valence electrons. The Kier molecular flexibility index (Phi) is 3.23. The molecule has 1 aliphatic rings. The first-order valence-corrected chi connectivity index (χ1v) is 6.32. The molecule has 0 atom stereocenters. The van der Waals surface area contributed by atoms with Crippen LogP contribution in [-0.2, 0) is 11.2 Å². The third kappa shape index (κ3) is 2.51. The third-order valence-electron chi connectivity index (χ3n) is 3.84. The van der Waals surface area contributed by atoms with E-state index in [9.17, 15) is 9.90 Å². The highest BCUT2D eigenvalue weighted by atomic mass is 16.4. The average molecular weight is 232 g/mol. The Labute approximate surface area is 103 Å². The summed E-state index contributed by atoms with van der Waals surface area (Å²) >= 11 is 0. The molecule has 0 unspecified atom stereocenters. The van der Waals surface area contributed by atoms with E-state index in [-0.39, 0.29) is 0 Å². The second-order valence-corrected chi connectivity index (χ2v) is 5.47. The molecular formula is C15H20O2. The molecule has 1 aliphatic carbocycles. The van der Waals surface area contributed by atoms with Gasteiger partial charge in [0.15, 0.2) is 0 Å². The van der Waals surface area contributed by atoms with Gasteiger partial charge in [-0.15, -0.1) is 0 Å². The Hall–Kier alpha value is -1.31. The maximum Gasteiger partial charge on any atom is 0.309 e. The zero-order valence-electron chi connectivity index (χ0n) is 10.6. The lowest BCUT2D eigenvalue weighted by Crippen LogP contribution is -2.30. The lowest BCUT2D eigenvalue weighted by Gasteiger charge is -2.24. The minimum Gasteiger partial charge on any atom is -0.481 e. The van der Waals surface area contributed by atoms with Crippen molar-refractivity contribution in [3.8, 4) is 0 Å². The molecule has 17 heavy (non-hydrogen) atoms. The monoisotopic (exact) mass is 232 g/mol. The van der Waals surface area contributed by atoms with Gasteiger partial charge in [0, 0.05) is 0 Å². The molecule has 0 bridgehead atoms. The Morgan fingerprint density at radius 3 is 2.18 bits per heavy atom. The standard InChI is InChI=1S/C15H20O2/c1-11-7-12(2)9-13(8-11)10-15(14(16)17)5-3-4-6-15/h7-9H,3-6,10H2,1-2H3,(H,16,17). The van der Waals surface area contributed by atoms with Crippen LogP contribution in [0.25, 0.3) is 0 Å². The Morgan fingerprint density at radius 2 is 1.71 bits per heavy atom. The second-order valence-electron chi connectivity index (χ2n) is 5.47. The summed E-state index contributed by atoms with van der Waals surface area (Å²) < 4.78 is 0. The molecule has 0 radical (unpaired) electrons. The molecule has 2 nitrogen and oxygen atoms in total. The second kappa shape index (κ2) is 4.52. The average Bonchev–Trinajstić information content (AvgIpc) is 2.65. The van der Waals surface area contributed by atoms with Crippen LogP contribution in [0.5, 0.6) is 0 Å². The van der Waals surface area contributed by atoms with Crippen LogP contribution in [0.1, 0.15) is 42.4 Å². The molecule has 0 aromatic heterocycles. The minimum atomic E-state index is -0.617. The molecule has 2 rings (SSSR count). The summed E-state index contributed by atoms with van der Waals surface area (Å²) in [5.74, 6) is -0.617. The van der Waals surface area contributed by atoms with E-state index < -0.39 is 11.4 Å². The van der Waals surface area contributed by atoms with E-state index >= 15 is 0 Å². The summed E-state index contributed by atoms with van der Waals surface area (Å²) in [6.07, 6.45) is 4.45. The van der Waals surface area contributed by atoms with Crippen molar-refractivity contribution in [3.05, 3.63) is 34.9 Å². The largest absolute Gasteiger partial charge is 0.481 e. The lowest BCUT2D eigenvalue weighted by molar-refractivity contribution is -0.148. The molecule has 1 fully saturated rings. The van der Waals surface area contributed by atoms with Crippen LogP contribution in [0.4, 0.5) is 0 Å². The Morgan fingerprint density at radius 1 is 1.18 bits per heavy atom. The van der Waals surface area contributed by atoms with Gasteiger partial charge in [-0.2, -0.15) is 0 Å². The molecule has 2 heteroatoms. The highest BCUT2D eigenvalue weighted by Crippen LogP contribution is 2.41. The van der Waals surface area contributed by atoms with Crippen molar-refractivity contribution >= 4 is 5.97 Å². The van der Waals surface area contributed by atoms with Gasteiger partial charge in [-0.25, -0.2) is 0 Å². The van der Waals surface area contributed by atoms with E-state index in [1.165, 1.54) is 16.7 Å². The van der Waals surface area contributed by atoms with Crippen molar-refractivity contribution < 1.29 is 9.90 Å². The Balaban J connectivity index is 2.26. The van der Waals surface area contributed by atoms with Gasteiger partial charge in [0.2, 0.25) is 0 Å². The topological polar surface area (TPSA) is 37.3 Å². The van der Waals surface area contributed by atoms with Gasteiger partial charge < -0.3 is 5.11 Å². The number of hydrogen-bond acceptors (Lipinski definition) is 1. The van der Waals surface area contributed by atoms with E-state index in [0.29, 0.717) is 6.42 Å². The zero-order valence-corrected chi connectivity index (χ0v) is 10.6. The summed E-state index contributed by atoms with van der Waals surface area (Å²) in [5, 5.41) is 9.46. The molecule has 1 aromatic rings. The zero-order chi connectivity index (χ0) is 12.5. The normalized spacial score (nSPS) is 18.2. The fourth-order valence-corrected chi connectivity index (χ4v) is 3.08. The highest BCUT2D eigenvalue weighted by Gasteiger charge is 2.41. The fraction of sp³-hybridized carbons (Fsp3) is 0.533. The van der Waals surface area contributed by atoms with Crippen molar-refractivity contribution in [2.75, 3.05) is 0 Å². The van der Waals surface area contributed by atoms with Crippen LogP contribution < -0.4 is 0 Å². The molecule has 1 saturated carbocycles. The third-order valence-corrected chi connectivity index (χ3v) is 3.84. The number of carbonyl (C=O) groups is 1. The van der Waals surface area contributed by atoms with E-state index in [1.54, 1.807) is 0 Å². The van der Waals surface area contributed by atoms with Crippen LogP contribution in [0, 0.1) is 19.3 Å². The maximum atomic E-state index is 11.5. The first kappa shape index (κ1) is 12.2. The SMILES string of the molecule is Cc1cc(C)cc(CC2(C(=O)O)CCCC2)c1. The van der Waals surface area contributed by atoms with Gasteiger partial charge in [-0.1, -0.05) is 42.2 Å². The number of benzene rings is 1. The maximum absolute atomic E-state index is 11.5. The van der Waals surface area contributed by atoms with Crippen LogP contribution in [0.15, 0.2) is 18.2 Å². The number of rotatable bonds is 3. The molecule has 0 saturated heterocycles. The van der Waals surface area contributed by atoms with Gasteiger partial charge in [-0.05, 0) is 38.7 Å². The minimum absolute atomic E-state index is 0.500. The first-order chi connectivity index (χ1) is 8.02. The van der Waals surface area contributed by atoms with Crippen molar-refractivity contribution in [2.45, 2.75) is 46.0 Å². The van der Waals surface area contributed by atoms with Gasteiger partial charge in [0.05, 0.1) is 5.41 Å². The Bertz CT molecular complexity index is 408. The van der Waals surface area contributed by atoms with E-state index in [1.807, 2.05) is 0 Å². The number of aliphatic carboxylic acids is 1. The number of carboxylic acids is 1. The van der Waals surface area contributed by atoms with Crippen molar-refractivity contribution in [3.63, 3.8) is 0 Å². The number of carboxylic acid groups (broad SMARTS) is 1. The summed E-state index contributed by atoms with van der Waals surface area (Å²) in [7, 11) is 0. The van der Waals surface area contributed by atoms with Crippen molar-refractivity contribution in [1.29, 1.82) is 0 Å². The summed E-state index contributed by atoms with van der Waals surface area (Å²) in [4.78, 5) is 11.5. The van der Waals surface area contributed by atoms with Crippen LogP contribution in [0.2, 0.25) is 0 Å². The first-order valence-electron chi connectivity index (χ1n) is 6.32. The summed E-state index contributed by atoms with van der Waals surface area (Å²) in [6.45, 7) is 4.14. The fourth-order valence-electron chi connectivity index (χ4n) is 3.08. The van der Waals surface area contributed by atoms with Gasteiger partial charge >= 0.3 is 5.97 Å². The molecule has 1 N–H and O–H groups in total. The quantitative estimate of drug-likeness (QED) is 0.866. The molecular weight excluding hydrogens is 212 g/mol.